The number of sulfonamides is 1. The summed E-state index contributed by atoms with van der Waals surface area (Å²) in [6, 6.07) is 32.3. The number of benzene rings is 6. The summed E-state index contributed by atoms with van der Waals surface area (Å²) in [4.78, 5) is 105. The molecule has 4 atom stereocenters. The van der Waals surface area contributed by atoms with E-state index < -0.39 is 46.3 Å². The molecule has 30 heteroatoms. The van der Waals surface area contributed by atoms with Crippen molar-refractivity contribution in [3.05, 3.63) is 159 Å². The molecule has 6 aromatic rings. The van der Waals surface area contributed by atoms with Crippen molar-refractivity contribution in [3.63, 3.8) is 0 Å². The first-order valence-electron chi connectivity index (χ1n) is 32.1. The van der Waals surface area contributed by atoms with Crippen molar-refractivity contribution in [3.8, 4) is 17.2 Å². The summed E-state index contributed by atoms with van der Waals surface area (Å²) in [6.07, 6.45) is 8.16. The van der Waals surface area contributed by atoms with Gasteiger partial charge in [0.15, 0.2) is 29.5 Å². The lowest BCUT2D eigenvalue weighted by Gasteiger charge is -2.40. The number of Topliss-reactive ketones (excluding diaryl/α,β-unsaturated/α-hetero) is 2. The minimum absolute atomic E-state index is 0.0315. The SMILES string of the molecule is CC(=O)[C@@H](N)Cc1ccc(O)c(O)c1.CC(=O)c1ccc(S(=O)(=O)NC(=O)NC2CCCCC2)cc1.CCC(O)CN1C=NC2C1C(=O)N(C)C(=O)N2C.Cc1ccc(NC(=O)c2cc(Cl)ccc2O)c(Cl)c1.NC1=NC(=O)C2=NCCC2=N1.c1ccc2c(CC3=NCCN3)cccc2c1. The Morgan fingerprint density at radius 1 is 0.810 bits per heavy atom. The number of nitrogens with two attached hydrogens (primary N) is 2. The molecular weight excluding hydrogens is 1350 g/mol. The fraction of sp³-hybridized carbons (Fsp3) is 0.343. The Hall–Kier alpha value is -10.1. The van der Waals surface area contributed by atoms with Gasteiger partial charge in [-0.15, -0.1) is 0 Å². The number of phenolic OH excluding ortho intramolecular Hbond substituents is 3. The number of β-amino-alcohol motifs (C(OH)–C–C–N with tert-alkyl or cyclic N) is 1. The van der Waals surface area contributed by atoms with Gasteiger partial charge in [0.05, 0.1) is 51.9 Å². The first kappa shape index (κ1) is 77.2. The fourth-order valence-corrected chi connectivity index (χ4v) is 12.1. The van der Waals surface area contributed by atoms with E-state index in [1.54, 1.807) is 36.5 Å². The van der Waals surface area contributed by atoms with E-state index in [9.17, 15) is 57.3 Å². The van der Waals surface area contributed by atoms with Crippen molar-refractivity contribution in [1.29, 1.82) is 0 Å². The number of nitrogens with zero attached hydrogens (tertiary/aromatic N) is 8. The van der Waals surface area contributed by atoms with Crippen molar-refractivity contribution in [2.45, 2.75) is 121 Å². The van der Waals surface area contributed by atoms with E-state index in [2.05, 4.69) is 83.4 Å². The Labute approximate surface area is 589 Å². The molecule has 5 heterocycles. The lowest BCUT2D eigenvalue weighted by Crippen LogP contribution is -2.64. The Kier molecular flexibility index (Phi) is 27.9. The average Bonchev–Trinajstić information content (AvgIpc) is 1.59. The van der Waals surface area contributed by atoms with Crippen LogP contribution < -0.4 is 32.1 Å². The number of nitrogens with one attached hydrogen (secondary N) is 4. The molecule has 7 amide bonds. The minimum atomic E-state index is -3.93. The zero-order valence-electron chi connectivity index (χ0n) is 56.1. The van der Waals surface area contributed by atoms with Crippen molar-refractivity contribution in [1.82, 2.24) is 30.1 Å². The number of hydrogen-bond donors (Lipinski definition) is 10. The van der Waals surface area contributed by atoms with E-state index >= 15 is 0 Å². The van der Waals surface area contributed by atoms with Crippen LogP contribution >= 0.6 is 23.2 Å². The number of carbonyl (C=O) groups is 7. The number of imide groups is 1. The molecule has 2 fully saturated rings. The average molecular weight is 1430 g/mol. The number of carbonyl (C=O) groups excluding carboxylic acids is 7. The third kappa shape index (κ3) is 21.7. The Balaban J connectivity index is 0.000000170. The molecule has 6 aliphatic rings. The van der Waals surface area contributed by atoms with Gasteiger partial charge in [-0.2, -0.15) is 4.99 Å². The predicted octanol–water partition coefficient (Wildman–Crippen LogP) is 7.86. The number of aromatic hydroxyl groups is 3. The second kappa shape index (κ2) is 36.1. The van der Waals surface area contributed by atoms with Gasteiger partial charge in [-0.25, -0.2) is 32.7 Å². The highest BCUT2D eigenvalue weighted by Gasteiger charge is 2.48. The number of aryl methyl sites for hydroxylation is 1. The van der Waals surface area contributed by atoms with E-state index in [1.165, 1.54) is 96.7 Å². The molecule has 1 saturated carbocycles. The number of amidine groups is 1. The van der Waals surface area contributed by atoms with Gasteiger partial charge in [-0.1, -0.05) is 116 Å². The highest BCUT2D eigenvalue weighted by atomic mass is 35.5. The van der Waals surface area contributed by atoms with Gasteiger partial charge >= 0.3 is 12.1 Å². The second-order valence-corrected chi connectivity index (χ2v) is 26.4. The van der Waals surface area contributed by atoms with Gasteiger partial charge in [0.2, 0.25) is 5.96 Å². The van der Waals surface area contributed by atoms with Crippen LogP contribution in [0.1, 0.15) is 103 Å². The number of rotatable bonds is 14. The molecule has 5 aliphatic heterocycles. The van der Waals surface area contributed by atoms with Crippen LogP contribution in [0.2, 0.25) is 10.0 Å². The van der Waals surface area contributed by atoms with E-state index in [0.29, 0.717) is 65.1 Å². The highest BCUT2D eigenvalue weighted by Crippen LogP contribution is 2.29. The number of aliphatic imine (C=N–C) groups is 5. The Morgan fingerprint density at radius 3 is 2.17 bits per heavy atom. The lowest BCUT2D eigenvalue weighted by atomic mass is 9.96. The molecule has 1 aliphatic carbocycles. The number of ketones is 2. The summed E-state index contributed by atoms with van der Waals surface area (Å²) in [6.45, 7) is 9.48. The zero-order valence-corrected chi connectivity index (χ0v) is 58.4. The van der Waals surface area contributed by atoms with Gasteiger partial charge in [0, 0.05) is 63.2 Å². The van der Waals surface area contributed by atoms with Crippen LogP contribution in [0.5, 0.6) is 17.2 Å². The zero-order chi connectivity index (χ0) is 73.0. The Bertz CT molecular complexity index is 4270. The number of guanidine groups is 1. The van der Waals surface area contributed by atoms with E-state index in [4.69, 9.17) is 39.8 Å². The summed E-state index contributed by atoms with van der Waals surface area (Å²) in [7, 11) is -0.839. The summed E-state index contributed by atoms with van der Waals surface area (Å²) < 4.78 is 26.2. The largest absolute Gasteiger partial charge is 0.507 e. The molecule has 1 saturated heterocycles. The van der Waals surface area contributed by atoms with Crippen LogP contribution in [0, 0.1) is 6.92 Å². The van der Waals surface area contributed by atoms with Crippen molar-refractivity contribution in [2.75, 3.05) is 45.6 Å². The molecule has 0 aromatic heterocycles. The number of likely N-dealkylation sites (N-methyl/N-ethyl adjacent to an activating group) is 2. The number of anilines is 1. The molecule has 27 nitrogen and oxygen atoms in total. The summed E-state index contributed by atoms with van der Waals surface area (Å²) in [5.41, 5.74) is 16.0. The van der Waals surface area contributed by atoms with E-state index in [0.717, 1.165) is 73.5 Å². The maximum absolute atomic E-state index is 12.1. The number of urea groups is 2. The van der Waals surface area contributed by atoms with Crippen molar-refractivity contribution < 1.29 is 62.4 Å². The number of amides is 7. The highest BCUT2D eigenvalue weighted by molar-refractivity contribution is 7.90. The van der Waals surface area contributed by atoms with Crippen molar-refractivity contribution in [2.24, 2.45) is 36.4 Å². The number of hydrogen-bond acceptors (Lipinski definition) is 21. The number of phenols is 3. The number of fused-ring (bicyclic) bond motifs is 3. The van der Waals surface area contributed by atoms with Crippen molar-refractivity contribution >= 4 is 121 Å². The lowest BCUT2D eigenvalue weighted by molar-refractivity contribution is -0.136. The smallest absolute Gasteiger partial charge is 0.328 e. The first-order valence-corrected chi connectivity index (χ1v) is 34.3. The van der Waals surface area contributed by atoms with Crippen LogP contribution in [-0.4, -0.2) is 185 Å². The van der Waals surface area contributed by atoms with Gasteiger partial charge in [0.1, 0.15) is 23.1 Å². The molecule has 0 radical (unpaired) electrons. The standard InChI is InChI=1S/C15H20N2O4S.C14H11Cl2NO2.C14H14N2.C11H18N4O3.C10H13NO3.C6H6N4O/c1-11(18)12-7-9-14(10-8-12)22(20,21)17-15(19)16-13-5-3-2-4-6-13;1-8-2-4-12(11(16)6-8)17-14(19)10-7-9(15)3-5-13(10)18;1-2-7-13-11(4-1)5-3-6-12(13)10-14-15-8-9-16-14;1-4-7(16)5-15-6-12-9-8(15)10(17)14(3)11(18)13(9)2;1-6(12)8(11)4-7-2-3-9(13)10(14)5-7;7-6-9-3-1-2-8-4(3)5(11)10-6/h7-10,13H,2-6H2,1H3,(H2,16,17,19);2-7,18H,1H3,(H,17,19);1-7H,8-10H2,(H,15,16);6-9,16H,4-5H2,1-3H3;2-3,5,8,13-14H,4,11H2,1H3;1-2H2,(H2,7,10,11)/t;;;;8-;/m....0./s1. The predicted molar refractivity (Wildman–Crippen MR) is 386 cm³/mol. The van der Waals surface area contributed by atoms with Gasteiger partial charge in [-0.05, 0) is 129 Å². The monoisotopic (exact) mass is 1430 g/mol. The van der Waals surface area contributed by atoms with Crippen LogP contribution in [0.15, 0.2) is 151 Å². The Morgan fingerprint density at radius 2 is 1.51 bits per heavy atom. The van der Waals surface area contributed by atoms with E-state index in [1.807, 2.05) is 24.6 Å². The second-order valence-electron chi connectivity index (χ2n) is 23.9. The summed E-state index contributed by atoms with van der Waals surface area (Å²) in [5, 5.41) is 49.6. The number of aliphatic hydroxyl groups is 1. The molecular formula is C70H82Cl2N14O13S. The molecule has 0 bridgehead atoms. The third-order valence-corrected chi connectivity index (χ3v) is 18.2. The fourth-order valence-electron chi connectivity index (χ4n) is 10.7. The quantitative estimate of drug-likeness (QED) is 0.0366. The van der Waals surface area contributed by atoms with Crippen LogP contribution in [0.4, 0.5) is 15.3 Å². The van der Waals surface area contributed by atoms with E-state index in [-0.39, 0.29) is 69.1 Å². The number of aliphatic hydroxyl groups excluding tert-OH is 1. The normalized spacial score (nSPS) is 17.3. The molecule has 12 N–H and O–H groups in total. The topological polar surface area (TPSA) is 406 Å². The maximum Gasteiger partial charge on any atom is 0.328 e. The summed E-state index contributed by atoms with van der Waals surface area (Å²) >= 11 is 11.8. The van der Waals surface area contributed by atoms with Gasteiger partial charge < -0.3 is 57.6 Å². The third-order valence-electron chi connectivity index (χ3n) is 16.3. The van der Waals surface area contributed by atoms with Crippen LogP contribution in [-0.2, 0) is 37.2 Å². The molecule has 3 unspecified atom stereocenters. The van der Waals surface area contributed by atoms with Crippen LogP contribution in [0.25, 0.3) is 10.8 Å². The minimum Gasteiger partial charge on any atom is -0.507 e. The molecule has 0 spiro atoms. The molecule has 100 heavy (non-hydrogen) atoms. The molecule has 530 valence electrons. The van der Waals surface area contributed by atoms with Gasteiger partial charge in [-0.3, -0.25) is 38.9 Å². The molecule has 6 aromatic carbocycles. The first-order chi connectivity index (χ1) is 47.5. The van der Waals surface area contributed by atoms with Gasteiger partial charge in [0.25, 0.3) is 27.7 Å². The van der Waals surface area contributed by atoms with Crippen LogP contribution in [0.3, 0.4) is 0 Å². The number of halogens is 2. The molecule has 12 rings (SSSR count). The maximum atomic E-state index is 12.1. The summed E-state index contributed by atoms with van der Waals surface area (Å²) in [5.74, 6) is -0.681.